The maximum atomic E-state index is 12.4. The molecule has 0 bridgehead atoms. The average Bonchev–Trinajstić information content (AvgIpc) is 3.34. The van der Waals surface area contributed by atoms with E-state index in [0.717, 1.165) is 53.3 Å². The summed E-state index contributed by atoms with van der Waals surface area (Å²) in [5, 5.41) is 20.4. The molecule has 3 atom stereocenters. The molecule has 3 aromatic carbocycles. The van der Waals surface area contributed by atoms with Crippen molar-refractivity contribution in [2.75, 3.05) is 26.0 Å². The fourth-order valence-electron chi connectivity index (χ4n) is 5.45. The van der Waals surface area contributed by atoms with Crippen molar-refractivity contribution in [3.05, 3.63) is 77.4 Å². The summed E-state index contributed by atoms with van der Waals surface area (Å²) in [6.45, 7) is 9.22. The standard InChI is InChI=1S/C31H35NO6S/c1-19-13-14-32(17-19)20(2)18-37-25-9-5-22(6-10-25)31-30(21(3)26-16-24(33)8-12-28(26)38-31)23-7-11-27(34)29(15-23)39(4,35)36/h5-12,15-16,19-20,31,33-34H,13-14,17-18H2,1-4H3/t19-,20+,31?/m1/s1. The highest BCUT2D eigenvalue weighted by atomic mass is 32.2. The van der Waals surface area contributed by atoms with Gasteiger partial charge < -0.3 is 19.7 Å². The van der Waals surface area contributed by atoms with Crippen molar-refractivity contribution in [2.45, 2.75) is 44.2 Å². The Bertz CT molecular complexity index is 1510. The Hall–Kier alpha value is -3.49. The number of phenols is 2. The summed E-state index contributed by atoms with van der Waals surface area (Å²) in [5.74, 6) is 1.92. The first kappa shape index (κ1) is 27.1. The van der Waals surface area contributed by atoms with Gasteiger partial charge in [-0.25, -0.2) is 8.42 Å². The van der Waals surface area contributed by atoms with Crippen LogP contribution in [-0.4, -0.2) is 55.5 Å². The quantitative estimate of drug-likeness (QED) is 0.392. The van der Waals surface area contributed by atoms with E-state index in [-0.39, 0.29) is 16.4 Å². The highest BCUT2D eigenvalue weighted by Crippen LogP contribution is 2.48. The van der Waals surface area contributed by atoms with E-state index in [0.29, 0.717) is 24.0 Å². The number of benzene rings is 3. The first-order valence-corrected chi connectivity index (χ1v) is 15.1. The number of rotatable bonds is 7. The van der Waals surface area contributed by atoms with Gasteiger partial charge in [0.05, 0.1) is 0 Å². The fourth-order valence-corrected chi connectivity index (χ4v) is 6.24. The number of phenolic OH excluding ortho intramolecular Hbond substituents is 2. The van der Waals surface area contributed by atoms with Crippen LogP contribution in [0.25, 0.3) is 11.1 Å². The predicted octanol–water partition coefficient (Wildman–Crippen LogP) is 5.67. The van der Waals surface area contributed by atoms with Crippen LogP contribution in [0.2, 0.25) is 0 Å². The second-order valence-electron chi connectivity index (χ2n) is 10.8. The molecule has 2 aliphatic rings. The molecule has 0 saturated carbocycles. The number of hydrogen-bond acceptors (Lipinski definition) is 7. The van der Waals surface area contributed by atoms with Crippen molar-refractivity contribution in [3.8, 4) is 23.0 Å². The van der Waals surface area contributed by atoms with Gasteiger partial charge in [-0.1, -0.05) is 25.1 Å². The van der Waals surface area contributed by atoms with Crippen LogP contribution in [0.4, 0.5) is 0 Å². The third-order valence-corrected chi connectivity index (χ3v) is 8.83. The Balaban J connectivity index is 1.47. The molecule has 0 amide bonds. The van der Waals surface area contributed by atoms with Gasteiger partial charge in [0.1, 0.15) is 40.6 Å². The van der Waals surface area contributed by atoms with Crippen LogP contribution >= 0.6 is 0 Å². The van der Waals surface area contributed by atoms with E-state index in [1.54, 1.807) is 24.3 Å². The number of sulfone groups is 1. The van der Waals surface area contributed by atoms with E-state index in [4.69, 9.17) is 9.47 Å². The zero-order chi connectivity index (χ0) is 27.9. The highest BCUT2D eigenvalue weighted by molar-refractivity contribution is 7.90. The van der Waals surface area contributed by atoms with Crippen LogP contribution in [0.3, 0.4) is 0 Å². The molecule has 1 fully saturated rings. The van der Waals surface area contributed by atoms with Gasteiger partial charge in [0.25, 0.3) is 0 Å². The van der Waals surface area contributed by atoms with Gasteiger partial charge in [0.15, 0.2) is 9.84 Å². The van der Waals surface area contributed by atoms with Gasteiger partial charge in [0, 0.05) is 30.0 Å². The lowest BCUT2D eigenvalue weighted by atomic mass is 9.86. The lowest BCUT2D eigenvalue weighted by Crippen LogP contribution is -2.35. The number of likely N-dealkylation sites (tertiary alicyclic amines) is 1. The Labute approximate surface area is 230 Å². The zero-order valence-electron chi connectivity index (χ0n) is 22.7. The molecule has 206 valence electrons. The molecular weight excluding hydrogens is 514 g/mol. The molecule has 2 N–H and O–H groups in total. The van der Waals surface area contributed by atoms with Gasteiger partial charge >= 0.3 is 0 Å². The summed E-state index contributed by atoms with van der Waals surface area (Å²) < 4.78 is 37.3. The SMILES string of the molecule is CC1=C(c2ccc(O)c(S(C)(=O)=O)c2)C(c2ccc(OC[C@H](C)N3CC[C@@H](C)C3)cc2)Oc2ccc(O)cc21. The normalized spacial score (nSPS) is 20.4. The number of hydrogen-bond donors (Lipinski definition) is 2. The Morgan fingerprint density at radius 3 is 2.49 bits per heavy atom. The van der Waals surface area contributed by atoms with Gasteiger partial charge in [-0.05, 0) is 91.9 Å². The van der Waals surface area contributed by atoms with Crippen molar-refractivity contribution in [3.63, 3.8) is 0 Å². The minimum absolute atomic E-state index is 0.108. The second kappa shape index (κ2) is 10.6. The molecule has 0 aromatic heterocycles. The fraction of sp³-hybridized carbons (Fsp3) is 0.355. The number of ether oxygens (including phenoxy) is 2. The molecule has 3 aromatic rings. The van der Waals surface area contributed by atoms with Crippen LogP contribution in [0.15, 0.2) is 65.6 Å². The van der Waals surface area contributed by atoms with Gasteiger partial charge in [-0.15, -0.1) is 0 Å². The van der Waals surface area contributed by atoms with Gasteiger partial charge in [-0.2, -0.15) is 0 Å². The minimum Gasteiger partial charge on any atom is -0.508 e. The number of nitrogens with zero attached hydrogens (tertiary/aromatic N) is 1. The van der Waals surface area contributed by atoms with E-state index in [1.807, 2.05) is 31.2 Å². The Kier molecular flexibility index (Phi) is 7.35. The first-order chi connectivity index (χ1) is 18.5. The van der Waals surface area contributed by atoms with Crippen molar-refractivity contribution in [2.24, 2.45) is 5.92 Å². The zero-order valence-corrected chi connectivity index (χ0v) is 23.5. The molecule has 7 nitrogen and oxygen atoms in total. The molecule has 2 aliphatic heterocycles. The first-order valence-electron chi connectivity index (χ1n) is 13.2. The second-order valence-corrected chi connectivity index (χ2v) is 12.8. The van der Waals surface area contributed by atoms with E-state index in [9.17, 15) is 18.6 Å². The monoisotopic (exact) mass is 549 g/mol. The van der Waals surface area contributed by atoms with Crippen LogP contribution in [0, 0.1) is 5.92 Å². The van der Waals surface area contributed by atoms with E-state index < -0.39 is 15.9 Å². The van der Waals surface area contributed by atoms with Gasteiger partial charge in [0.2, 0.25) is 0 Å². The Morgan fingerprint density at radius 1 is 1.08 bits per heavy atom. The highest BCUT2D eigenvalue weighted by Gasteiger charge is 2.31. The molecule has 5 rings (SSSR count). The molecular formula is C31H35NO6S. The van der Waals surface area contributed by atoms with Crippen LogP contribution < -0.4 is 9.47 Å². The molecule has 1 unspecified atom stereocenters. The maximum absolute atomic E-state index is 12.4. The molecule has 39 heavy (non-hydrogen) atoms. The van der Waals surface area contributed by atoms with E-state index in [2.05, 4.69) is 18.7 Å². The molecule has 0 spiro atoms. The molecule has 0 radical (unpaired) electrons. The molecule has 1 saturated heterocycles. The lowest BCUT2D eigenvalue weighted by Gasteiger charge is -2.31. The van der Waals surface area contributed by atoms with E-state index >= 15 is 0 Å². The van der Waals surface area contributed by atoms with Crippen molar-refractivity contribution in [1.29, 1.82) is 0 Å². The van der Waals surface area contributed by atoms with Crippen molar-refractivity contribution >= 4 is 21.0 Å². The lowest BCUT2D eigenvalue weighted by molar-refractivity contribution is 0.169. The number of fused-ring (bicyclic) bond motifs is 1. The number of allylic oxidation sites excluding steroid dienone is 1. The predicted molar refractivity (Wildman–Crippen MR) is 152 cm³/mol. The summed E-state index contributed by atoms with van der Waals surface area (Å²) >= 11 is 0. The van der Waals surface area contributed by atoms with Crippen LogP contribution in [0.1, 0.15) is 50.0 Å². The summed E-state index contributed by atoms with van der Waals surface area (Å²) in [5.41, 5.74) is 3.80. The topological polar surface area (TPSA) is 96.3 Å². The minimum atomic E-state index is -3.66. The third kappa shape index (κ3) is 5.63. The summed E-state index contributed by atoms with van der Waals surface area (Å²) in [6, 6.07) is 17.6. The van der Waals surface area contributed by atoms with Crippen molar-refractivity contribution in [1.82, 2.24) is 4.90 Å². The molecule has 2 heterocycles. The van der Waals surface area contributed by atoms with E-state index in [1.165, 1.54) is 18.6 Å². The van der Waals surface area contributed by atoms with Crippen LogP contribution in [0.5, 0.6) is 23.0 Å². The third-order valence-electron chi connectivity index (χ3n) is 7.70. The average molecular weight is 550 g/mol. The molecule has 0 aliphatic carbocycles. The smallest absolute Gasteiger partial charge is 0.179 e. The summed E-state index contributed by atoms with van der Waals surface area (Å²) in [6.07, 6.45) is 1.75. The Morgan fingerprint density at radius 2 is 1.82 bits per heavy atom. The van der Waals surface area contributed by atoms with Gasteiger partial charge in [-0.3, -0.25) is 4.90 Å². The maximum Gasteiger partial charge on any atom is 0.179 e. The summed E-state index contributed by atoms with van der Waals surface area (Å²) in [7, 11) is -3.66. The largest absolute Gasteiger partial charge is 0.508 e. The van der Waals surface area contributed by atoms with Crippen molar-refractivity contribution < 1.29 is 28.1 Å². The number of aromatic hydroxyl groups is 2. The summed E-state index contributed by atoms with van der Waals surface area (Å²) in [4.78, 5) is 2.32. The van der Waals surface area contributed by atoms with Crippen LogP contribution in [-0.2, 0) is 9.84 Å². The molecule has 8 heteroatoms.